The highest BCUT2D eigenvalue weighted by Crippen LogP contribution is 2.03. The topological polar surface area (TPSA) is 106 Å². The smallest absolute Gasteiger partial charge is 0.410 e. The second-order valence-corrected chi connectivity index (χ2v) is 6.55. The van der Waals surface area contributed by atoms with Crippen LogP contribution in [-0.2, 0) is 22.7 Å². The number of hydrogen-bond donors (Lipinski definition) is 3. The summed E-state index contributed by atoms with van der Waals surface area (Å²) in [5.74, 6) is 0. The summed E-state index contributed by atoms with van der Waals surface area (Å²) in [5, 5.41) is 5.85. The van der Waals surface area contributed by atoms with E-state index < -0.39 is 12.2 Å². The van der Waals surface area contributed by atoms with Crippen molar-refractivity contribution in [1.82, 2.24) is 15.5 Å². The van der Waals surface area contributed by atoms with Crippen LogP contribution < -0.4 is 16.4 Å². The Morgan fingerprint density at radius 2 is 1.40 bits per heavy atom. The summed E-state index contributed by atoms with van der Waals surface area (Å²) in [6, 6.07) is 19.0. The molecule has 2 aromatic carbocycles. The molecule has 4 N–H and O–H groups in total. The fourth-order valence-electron chi connectivity index (χ4n) is 2.63. The lowest BCUT2D eigenvalue weighted by Crippen LogP contribution is -2.41. The van der Waals surface area contributed by atoms with Crippen molar-refractivity contribution >= 4 is 12.2 Å². The summed E-state index contributed by atoms with van der Waals surface area (Å²) in [7, 11) is 0. The monoisotopic (exact) mass is 414 g/mol. The van der Waals surface area contributed by atoms with Gasteiger partial charge in [0.15, 0.2) is 0 Å². The Labute approximate surface area is 177 Å². The van der Waals surface area contributed by atoms with Crippen molar-refractivity contribution in [3.05, 3.63) is 71.8 Å². The van der Waals surface area contributed by atoms with Gasteiger partial charge in [-0.1, -0.05) is 60.7 Å². The van der Waals surface area contributed by atoms with Gasteiger partial charge in [-0.3, -0.25) is 0 Å². The first-order valence-corrected chi connectivity index (χ1v) is 10.00. The Balaban J connectivity index is 1.56. The van der Waals surface area contributed by atoms with E-state index in [1.807, 2.05) is 60.7 Å². The van der Waals surface area contributed by atoms with E-state index in [4.69, 9.17) is 15.2 Å². The molecule has 0 atom stereocenters. The van der Waals surface area contributed by atoms with Gasteiger partial charge in [0.05, 0.1) is 0 Å². The highest BCUT2D eigenvalue weighted by Gasteiger charge is 2.13. The van der Waals surface area contributed by atoms with Crippen molar-refractivity contribution in [3.63, 3.8) is 0 Å². The molecule has 0 saturated heterocycles. The van der Waals surface area contributed by atoms with Crippen molar-refractivity contribution in [3.8, 4) is 0 Å². The number of benzene rings is 2. The normalized spacial score (nSPS) is 10.3. The summed E-state index contributed by atoms with van der Waals surface area (Å²) in [6.07, 6.45) is -0.858. The quantitative estimate of drug-likeness (QED) is 0.459. The van der Waals surface area contributed by atoms with Crippen molar-refractivity contribution < 1.29 is 19.1 Å². The van der Waals surface area contributed by atoms with Crippen LogP contribution in [0.3, 0.4) is 0 Å². The largest absolute Gasteiger partial charge is 0.445 e. The molecule has 0 spiro atoms. The highest BCUT2D eigenvalue weighted by molar-refractivity contribution is 5.67. The van der Waals surface area contributed by atoms with E-state index in [1.54, 1.807) is 4.90 Å². The summed E-state index contributed by atoms with van der Waals surface area (Å²) < 4.78 is 10.5. The number of ether oxygens (including phenoxy) is 2. The summed E-state index contributed by atoms with van der Waals surface area (Å²) >= 11 is 0. The van der Waals surface area contributed by atoms with Gasteiger partial charge in [0, 0.05) is 39.3 Å². The second kappa shape index (κ2) is 14.0. The molecule has 0 aliphatic carbocycles. The first-order chi connectivity index (χ1) is 14.7. The van der Waals surface area contributed by atoms with E-state index in [9.17, 15) is 9.59 Å². The Bertz CT molecular complexity index is 743. The predicted molar refractivity (Wildman–Crippen MR) is 115 cm³/mol. The van der Waals surface area contributed by atoms with Crippen molar-refractivity contribution in [2.24, 2.45) is 5.73 Å². The third-order valence-corrected chi connectivity index (χ3v) is 4.20. The van der Waals surface area contributed by atoms with Gasteiger partial charge in [-0.15, -0.1) is 0 Å². The van der Waals surface area contributed by atoms with Gasteiger partial charge in [0.1, 0.15) is 13.2 Å². The number of carbonyl (C=O) groups excluding carboxylic acids is 2. The van der Waals surface area contributed by atoms with E-state index in [0.29, 0.717) is 39.3 Å². The Hall–Kier alpha value is -3.10. The number of amides is 2. The highest BCUT2D eigenvalue weighted by atomic mass is 16.6. The molecule has 0 aromatic heterocycles. The first kappa shape index (κ1) is 23.2. The molecular weight excluding hydrogens is 384 g/mol. The standard InChI is InChI=1S/C22H30N4O4/c23-11-15-26(22(28)30-18-20-9-5-2-6-10-20)16-14-24-12-13-25-21(27)29-17-19-7-3-1-4-8-19/h1-10,24H,11-18,23H2,(H,25,27). The van der Waals surface area contributed by atoms with Gasteiger partial charge in [-0.25, -0.2) is 9.59 Å². The van der Waals surface area contributed by atoms with Gasteiger partial charge in [0.25, 0.3) is 0 Å². The maximum absolute atomic E-state index is 12.3. The van der Waals surface area contributed by atoms with Crippen LogP contribution in [0.4, 0.5) is 9.59 Å². The molecular formula is C22H30N4O4. The molecule has 0 aliphatic rings. The van der Waals surface area contributed by atoms with Gasteiger partial charge in [-0.2, -0.15) is 0 Å². The Kier molecular flexibility index (Phi) is 10.8. The SMILES string of the molecule is NCCN(CCNCCNC(=O)OCc1ccccc1)C(=O)OCc1ccccc1. The molecule has 30 heavy (non-hydrogen) atoms. The van der Waals surface area contributed by atoms with Crippen LogP contribution in [-0.4, -0.2) is 56.4 Å². The molecule has 2 rings (SSSR count). The number of nitrogens with one attached hydrogen (secondary N) is 2. The molecule has 0 heterocycles. The molecule has 0 bridgehead atoms. The molecule has 0 saturated carbocycles. The van der Waals surface area contributed by atoms with Crippen LogP contribution in [0.2, 0.25) is 0 Å². The fourth-order valence-corrected chi connectivity index (χ4v) is 2.63. The lowest BCUT2D eigenvalue weighted by Gasteiger charge is -2.21. The molecule has 0 unspecified atom stereocenters. The molecule has 162 valence electrons. The average molecular weight is 415 g/mol. The minimum absolute atomic E-state index is 0.225. The number of carbonyl (C=O) groups is 2. The van der Waals surface area contributed by atoms with Crippen LogP contribution >= 0.6 is 0 Å². The van der Waals surface area contributed by atoms with E-state index in [0.717, 1.165) is 11.1 Å². The van der Waals surface area contributed by atoms with Crippen molar-refractivity contribution in [2.45, 2.75) is 13.2 Å². The van der Waals surface area contributed by atoms with Crippen LogP contribution in [0.1, 0.15) is 11.1 Å². The number of rotatable bonds is 12. The number of nitrogens with two attached hydrogens (primary N) is 1. The second-order valence-electron chi connectivity index (χ2n) is 6.55. The van der Waals surface area contributed by atoms with Crippen LogP contribution in [0.5, 0.6) is 0 Å². The lowest BCUT2D eigenvalue weighted by atomic mass is 10.2. The average Bonchev–Trinajstić information content (AvgIpc) is 2.79. The fraction of sp³-hybridized carbons (Fsp3) is 0.364. The zero-order valence-corrected chi connectivity index (χ0v) is 17.1. The molecule has 0 radical (unpaired) electrons. The molecule has 0 aliphatic heterocycles. The lowest BCUT2D eigenvalue weighted by molar-refractivity contribution is 0.0974. The van der Waals surface area contributed by atoms with E-state index in [1.165, 1.54) is 0 Å². The zero-order chi connectivity index (χ0) is 21.4. The van der Waals surface area contributed by atoms with Crippen molar-refractivity contribution in [1.29, 1.82) is 0 Å². The Morgan fingerprint density at radius 3 is 2.00 bits per heavy atom. The molecule has 8 heteroatoms. The van der Waals surface area contributed by atoms with Crippen LogP contribution in [0.25, 0.3) is 0 Å². The molecule has 2 aromatic rings. The minimum atomic E-state index is -0.463. The molecule has 2 amide bonds. The van der Waals surface area contributed by atoms with Gasteiger partial charge in [0.2, 0.25) is 0 Å². The van der Waals surface area contributed by atoms with E-state index in [2.05, 4.69) is 10.6 Å². The maximum atomic E-state index is 12.3. The number of hydrogen-bond acceptors (Lipinski definition) is 6. The van der Waals surface area contributed by atoms with E-state index >= 15 is 0 Å². The van der Waals surface area contributed by atoms with Gasteiger partial charge in [-0.05, 0) is 11.1 Å². The third-order valence-electron chi connectivity index (χ3n) is 4.20. The predicted octanol–water partition coefficient (Wildman–Crippen LogP) is 2.10. The first-order valence-electron chi connectivity index (χ1n) is 10.00. The van der Waals surface area contributed by atoms with Crippen molar-refractivity contribution in [2.75, 3.05) is 39.3 Å². The van der Waals surface area contributed by atoms with E-state index in [-0.39, 0.29) is 13.2 Å². The van der Waals surface area contributed by atoms with Crippen LogP contribution in [0.15, 0.2) is 60.7 Å². The summed E-state index contributed by atoms with van der Waals surface area (Å²) in [5.41, 5.74) is 7.47. The molecule has 0 fully saturated rings. The van der Waals surface area contributed by atoms with Gasteiger partial charge >= 0.3 is 12.2 Å². The third kappa shape index (κ3) is 9.40. The minimum Gasteiger partial charge on any atom is -0.445 e. The van der Waals surface area contributed by atoms with Crippen LogP contribution in [0, 0.1) is 0 Å². The Morgan fingerprint density at radius 1 is 0.800 bits per heavy atom. The number of nitrogens with zero attached hydrogens (tertiary/aromatic N) is 1. The maximum Gasteiger partial charge on any atom is 0.410 e. The summed E-state index contributed by atoms with van der Waals surface area (Å²) in [4.78, 5) is 25.5. The zero-order valence-electron chi connectivity index (χ0n) is 17.1. The summed E-state index contributed by atoms with van der Waals surface area (Å²) in [6.45, 7) is 3.22. The number of alkyl carbamates (subject to hydrolysis) is 1. The molecule has 8 nitrogen and oxygen atoms in total. The van der Waals surface area contributed by atoms with Gasteiger partial charge < -0.3 is 30.7 Å².